The maximum absolute atomic E-state index is 12.8. The normalized spacial score (nSPS) is 10.3. The molecule has 0 atom stereocenters. The zero-order valence-corrected chi connectivity index (χ0v) is 18.4. The molecule has 0 fully saturated rings. The third-order valence-corrected chi connectivity index (χ3v) is 5.74. The van der Waals surface area contributed by atoms with Crippen molar-refractivity contribution in [3.8, 4) is 0 Å². The van der Waals surface area contributed by atoms with Crippen LogP contribution in [0.3, 0.4) is 0 Å². The molecule has 1 aromatic heterocycles. The lowest BCUT2D eigenvalue weighted by Crippen LogP contribution is -2.21. The molecule has 0 radical (unpaired) electrons. The number of para-hydroxylation sites is 2. The molecule has 4 rings (SSSR count). The fourth-order valence-electron chi connectivity index (χ4n) is 3.13. The van der Waals surface area contributed by atoms with Gasteiger partial charge >= 0.3 is 0 Å². The summed E-state index contributed by atoms with van der Waals surface area (Å²) in [7, 11) is 0. The number of hydrogen-bond donors (Lipinski definition) is 3. The van der Waals surface area contributed by atoms with E-state index in [2.05, 4.69) is 16.0 Å². The predicted octanol–water partition coefficient (Wildman–Crippen LogP) is 5.18. The van der Waals surface area contributed by atoms with Crippen molar-refractivity contribution in [3.63, 3.8) is 0 Å². The van der Waals surface area contributed by atoms with Gasteiger partial charge in [-0.1, -0.05) is 48.5 Å². The van der Waals surface area contributed by atoms with Crippen LogP contribution in [0.1, 0.15) is 36.0 Å². The van der Waals surface area contributed by atoms with Crippen molar-refractivity contribution in [2.24, 2.45) is 0 Å². The average Bonchev–Trinajstić information content (AvgIpc) is 3.40. The van der Waals surface area contributed by atoms with Crippen molar-refractivity contribution in [2.75, 3.05) is 10.6 Å². The van der Waals surface area contributed by atoms with Gasteiger partial charge in [0.25, 0.3) is 17.7 Å². The minimum atomic E-state index is -0.300. The molecule has 0 bridgehead atoms. The first-order valence-corrected chi connectivity index (χ1v) is 11.2. The van der Waals surface area contributed by atoms with Crippen LogP contribution >= 0.6 is 11.3 Å². The fourth-order valence-corrected chi connectivity index (χ4v) is 3.77. The zero-order valence-electron chi connectivity index (χ0n) is 17.6. The maximum Gasteiger partial charge on any atom is 0.261 e. The number of hydrogen-bond acceptors (Lipinski definition) is 4. The van der Waals surface area contributed by atoms with Crippen LogP contribution < -0.4 is 16.0 Å². The molecular weight excluding hydrogens is 434 g/mol. The first kappa shape index (κ1) is 22.0. The van der Waals surface area contributed by atoms with Gasteiger partial charge in [-0.3, -0.25) is 14.4 Å². The smallest absolute Gasteiger partial charge is 0.261 e. The Morgan fingerprint density at radius 1 is 0.606 bits per heavy atom. The highest BCUT2D eigenvalue weighted by Gasteiger charge is 2.12. The van der Waals surface area contributed by atoms with E-state index in [0.29, 0.717) is 33.9 Å². The number of benzene rings is 3. The molecule has 3 amide bonds. The number of carbonyl (C=O) groups is 3. The molecule has 0 aliphatic rings. The predicted molar refractivity (Wildman–Crippen MR) is 131 cm³/mol. The summed E-state index contributed by atoms with van der Waals surface area (Å²) in [4.78, 5) is 38.0. The first-order chi connectivity index (χ1) is 16.1. The van der Waals surface area contributed by atoms with Gasteiger partial charge in [-0.25, -0.2) is 0 Å². The van der Waals surface area contributed by atoms with E-state index in [-0.39, 0.29) is 17.7 Å². The molecule has 3 aromatic carbocycles. The Balaban J connectivity index is 1.38. The highest BCUT2D eigenvalue weighted by atomic mass is 32.1. The Hall–Kier alpha value is -4.23. The highest BCUT2D eigenvalue weighted by Crippen LogP contribution is 2.22. The Morgan fingerprint density at radius 3 is 1.76 bits per heavy atom. The lowest BCUT2D eigenvalue weighted by atomic mass is 10.1. The summed E-state index contributed by atoms with van der Waals surface area (Å²) in [5.74, 6) is -0.683. The van der Waals surface area contributed by atoms with Crippen molar-refractivity contribution < 1.29 is 14.4 Å². The Bertz CT molecular complexity index is 1250. The van der Waals surface area contributed by atoms with Crippen molar-refractivity contribution >= 4 is 40.4 Å². The van der Waals surface area contributed by atoms with Gasteiger partial charge in [0.2, 0.25) is 0 Å². The second-order valence-electron chi connectivity index (χ2n) is 7.18. The number of anilines is 2. The molecule has 0 spiro atoms. The van der Waals surface area contributed by atoms with Gasteiger partial charge in [0.1, 0.15) is 0 Å². The van der Waals surface area contributed by atoms with E-state index >= 15 is 0 Å². The van der Waals surface area contributed by atoms with Gasteiger partial charge < -0.3 is 16.0 Å². The van der Waals surface area contributed by atoms with Crippen molar-refractivity contribution in [2.45, 2.75) is 6.54 Å². The van der Waals surface area contributed by atoms with Crippen LogP contribution in [0, 0.1) is 0 Å². The van der Waals surface area contributed by atoms with Crippen LogP contribution in [0.4, 0.5) is 11.4 Å². The van der Waals surface area contributed by atoms with E-state index in [4.69, 9.17) is 0 Å². The van der Waals surface area contributed by atoms with Gasteiger partial charge in [-0.05, 0) is 53.4 Å². The molecule has 4 aromatic rings. The summed E-state index contributed by atoms with van der Waals surface area (Å²) in [5.41, 5.74) is 2.88. The van der Waals surface area contributed by atoms with Crippen molar-refractivity contribution in [1.29, 1.82) is 0 Å². The highest BCUT2D eigenvalue weighted by molar-refractivity contribution is 7.12. The Kier molecular flexibility index (Phi) is 6.92. The molecule has 33 heavy (non-hydrogen) atoms. The number of nitrogens with one attached hydrogen (secondary N) is 3. The number of rotatable bonds is 7. The van der Waals surface area contributed by atoms with E-state index in [1.54, 1.807) is 78.9 Å². The van der Waals surface area contributed by atoms with Crippen LogP contribution in [-0.2, 0) is 6.54 Å². The van der Waals surface area contributed by atoms with E-state index in [0.717, 1.165) is 5.56 Å². The minimum absolute atomic E-state index is 0.124. The molecule has 0 saturated carbocycles. The number of thiophene rings is 1. The lowest BCUT2D eigenvalue weighted by molar-refractivity contribution is 0.0953. The minimum Gasteiger partial charge on any atom is -0.347 e. The van der Waals surface area contributed by atoms with Gasteiger partial charge in [-0.15, -0.1) is 11.3 Å². The van der Waals surface area contributed by atoms with Gasteiger partial charge in [0, 0.05) is 17.7 Å². The fraction of sp³-hybridized carbons (Fsp3) is 0.0385. The van der Waals surface area contributed by atoms with Crippen LogP contribution in [0.25, 0.3) is 0 Å². The summed E-state index contributed by atoms with van der Waals surface area (Å²) < 4.78 is 0. The molecule has 6 nitrogen and oxygen atoms in total. The second-order valence-corrected chi connectivity index (χ2v) is 8.12. The quantitative estimate of drug-likeness (QED) is 0.359. The molecule has 0 aliphatic carbocycles. The molecule has 0 aliphatic heterocycles. The summed E-state index contributed by atoms with van der Waals surface area (Å²) in [6.07, 6.45) is 0. The van der Waals surface area contributed by atoms with Crippen LogP contribution in [-0.4, -0.2) is 17.7 Å². The van der Waals surface area contributed by atoms with E-state index in [1.807, 2.05) is 17.5 Å². The van der Waals surface area contributed by atoms with Gasteiger partial charge in [0.15, 0.2) is 0 Å². The molecule has 3 N–H and O–H groups in total. The van der Waals surface area contributed by atoms with Crippen LogP contribution in [0.2, 0.25) is 0 Å². The van der Waals surface area contributed by atoms with E-state index < -0.39 is 0 Å². The van der Waals surface area contributed by atoms with E-state index in [1.165, 1.54) is 11.3 Å². The monoisotopic (exact) mass is 455 g/mol. The average molecular weight is 456 g/mol. The summed E-state index contributed by atoms with van der Waals surface area (Å²) in [6.45, 7) is 0.368. The largest absolute Gasteiger partial charge is 0.347 e. The maximum atomic E-state index is 12.8. The van der Waals surface area contributed by atoms with Gasteiger partial charge in [0.05, 0.1) is 16.3 Å². The van der Waals surface area contributed by atoms with Crippen LogP contribution in [0.15, 0.2) is 96.4 Å². The molecule has 164 valence electrons. The molecule has 1 heterocycles. The molecule has 7 heteroatoms. The van der Waals surface area contributed by atoms with Crippen LogP contribution in [0.5, 0.6) is 0 Å². The third kappa shape index (κ3) is 5.72. The summed E-state index contributed by atoms with van der Waals surface area (Å²) in [6, 6.07) is 26.5. The standard InChI is InChI=1S/C26H21N3O3S/c30-24(19-7-2-1-3-8-19)28-21-9-4-5-10-22(21)29-25(31)20-14-12-18(13-15-20)17-27-26(32)23-11-6-16-33-23/h1-16H,17H2,(H,27,32)(H,28,30)(H,29,31). The van der Waals surface area contributed by atoms with E-state index in [9.17, 15) is 14.4 Å². The topological polar surface area (TPSA) is 87.3 Å². The SMILES string of the molecule is O=C(Nc1ccccc1NC(=O)c1ccc(CNC(=O)c2cccs2)cc1)c1ccccc1. The number of carbonyl (C=O) groups excluding carboxylic acids is 3. The molecular formula is C26H21N3O3S. The van der Waals surface area contributed by atoms with Crippen molar-refractivity contribution in [3.05, 3.63) is 118 Å². The van der Waals surface area contributed by atoms with Crippen molar-refractivity contribution in [1.82, 2.24) is 5.32 Å². The third-order valence-electron chi connectivity index (χ3n) is 4.87. The summed E-state index contributed by atoms with van der Waals surface area (Å²) >= 11 is 1.39. The van der Waals surface area contributed by atoms with Gasteiger partial charge in [-0.2, -0.15) is 0 Å². The Labute approximate surface area is 195 Å². The molecule has 0 saturated heterocycles. The second kappa shape index (κ2) is 10.4. The molecule has 0 unspecified atom stereocenters. The zero-order chi connectivity index (χ0) is 23.0. The summed E-state index contributed by atoms with van der Waals surface area (Å²) in [5, 5.41) is 10.4. The number of amides is 3. The first-order valence-electron chi connectivity index (χ1n) is 10.3. The lowest BCUT2D eigenvalue weighted by Gasteiger charge is -2.13. The Morgan fingerprint density at radius 2 is 1.18 bits per heavy atom.